The number of hydrogen-bond donors (Lipinski definition) is 2. The average molecular weight is 332 g/mol. The van der Waals surface area contributed by atoms with Gasteiger partial charge in [-0.15, -0.1) is 0 Å². The van der Waals surface area contributed by atoms with Crippen LogP contribution in [0.1, 0.15) is 5.69 Å². The van der Waals surface area contributed by atoms with Gasteiger partial charge in [0, 0.05) is 0 Å². The van der Waals surface area contributed by atoms with Crippen LogP contribution in [0.15, 0.2) is 42.5 Å². The molecular formula is C16H15NO2Se. The SMILES string of the molecule is COc1ccc([Se]c2c(C)[nH]c3ccccc23)cc1O. The summed E-state index contributed by atoms with van der Waals surface area (Å²) in [5.74, 6) is 0.713. The number of aromatic hydroxyl groups is 1. The molecule has 3 rings (SSSR count). The van der Waals surface area contributed by atoms with Gasteiger partial charge in [0.25, 0.3) is 0 Å². The number of phenols is 1. The number of para-hydroxylation sites is 1. The predicted molar refractivity (Wildman–Crippen MR) is 82.7 cm³/mol. The number of aromatic nitrogens is 1. The van der Waals surface area contributed by atoms with Gasteiger partial charge in [-0.2, -0.15) is 0 Å². The van der Waals surface area contributed by atoms with Gasteiger partial charge in [-0.1, -0.05) is 0 Å². The Hall–Kier alpha value is -1.90. The zero-order valence-electron chi connectivity index (χ0n) is 11.3. The molecule has 102 valence electrons. The molecule has 0 amide bonds. The molecule has 2 aromatic carbocycles. The van der Waals surface area contributed by atoms with Gasteiger partial charge in [0.1, 0.15) is 0 Å². The van der Waals surface area contributed by atoms with E-state index in [0.29, 0.717) is 5.75 Å². The first-order chi connectivity index (χ1) is 9.69. The number of benzene rings is 2. The van der Waals surface area contributed by atoms with E-state index in [2.05, 4.69) is 30.1 Å². The summed E-state index contributed by atoms with van der Waals surface area (Å²) in [6.07, 6.45) is 0. The topological polar surface area (TPSA) is 45.2 Å². The zero-order chi connectivity index (χ0) is 14.1. The Bertz CT molecular complexity index is 764. The maximum atomic E-state index is 9.88. The van der Waals surface area contributed by atoms with Gasteiger partial charge in [-0.05, 0) is 0 Å². The number of phenolic OH excluding ortho intramolecular Hbond substituents is 1. The molecule has 0 spiro atoms. The van der Waals surface area contributed by atoms with Crippen molar-refractivity contribution in [1.82, 2.24) is 4.98 Å². The fraction of sp³-hybridized carbons (Fsp3) is 0.125. The molecule has 4 heteroatoms. The Labute approximate surface area is 123 Å². The van der Waals surface area contributed by atoms with Crippen LogP contribution >= 0.6 is 0 Å². The third-order valence-corrected chi connectivity index (χ3v) is 5.76. The summed E-state index contributed by atoms with van der Waals surface area (Å²) in [5, 5.41) is 11.1. The van der Waals surface area contributed by atoms with E-state index in [1.54, 1.807) is 13.2 Å². The van der Waals surface area contributed by atoms with Crippen molar-refractivity contribution >= 4 is 34.8 Å². The van der Waals surface area contributed by atoms with E-state index in [4.69, 9.17) is 4.74 Å². The van der Waals surface area contributed by atoms with Gasteiger partial charge in [0.2, 0.25) is 0 Å². The Morgan fingerprint density at radius 1 is 1.15 bits per heavy atom. The second-order valence-corrected chi connectivity index (χ2v) is 6.83. The molecule has 20 heavy (non-hydrogen) atoms. The monoisotopic (exact) mass is 333 g/mol. The Kier molecular flexibility index (Phi) is 3.43. The van der Waals surface area contributed by atoms with E-state index in [1.807, 2.05) is 18.2 Å². The Morgan fingerprint density at radius 3 is 2.70 bits per heavy atom. The second-order valence-electron chi connectivity index (χ2n) is 4.56. The van der Waals surface area contributed by atoms with Gasteiger partial charge in [-0.3, -0.25) is 0 Å². The second kappa shape index (κ2) is 5.23. The molecule has 0 atom stereocenters. The van der Waals surface area contributed by atoms with Crippen molar-refractivity contribution in [2.24, 2.45) is 0 Å². The molecule has 2 N–H and O–H groups in total. The molecule has 0 unspecified atom stereocenters. The number of ether oxygens (including phenoxy) is 1. The van der Waals surface area contributed by atoms with Crippen LogP contribution in [0.4, 0.5) is 0 Å². The van der Waals surface area contributed by atoms with Crippen molar-refractivity contribution in [3.63, 3.8) is 0 Å². The Morgan fingerprint density at radius 2 is 1.95 bits per heavy atom. The molecule has 0 aliphatic carbocycles. The van der Waals surface area contributed by atoms with Crippen LogP contribution in [0.5, 0.6) is 11.5 Å². The van der Waals surface area contributed by atoms with Gasteiger partial charge < -0.3 is 0 Å². The molecule has 3 nitrogen and oxygen atoms in total. The third-order valence-electron chi connectivity index (χ3n) is 3.20. The number of rotatable bonds is 3. The fourth-order valence-corrected chi connectivity index (χ4v) is 4.40. The van der Waals surface area contributed by atoms with E-state index in [-0.39, 0.29) is 20.7 Å². The predicted octanol–water partition coefficient (Wildman–Crippen LogP) is 1.85. The molecule has 1 aromatic heterocycles. The number of H-pyrrole nitrogens is 1. The summed E-state index contributed by atoms with van der Waals surface area (Å²) in [7, 11) is 1.56. The van der Waals surface area contributed by atoms with Crippen LogP contribution in [0, 0.1) is 6.92 Å². The normalized spacial score (nSPS) is 10.9. The maximum absolute atomic E-state index is 9.88. The van der Waals surface area contributed by atoms with Crippen LogP contribution in [0.25, 0.3) is 10.9 Å². The van der Waals surface area contributed by atoms with Crippen molar-refractivity contribution in [2.45, 2.75) is 6.92 Å². The number of nitrogens with one attached hydrogen (secondary N) is 1. The zero-order valence-corrected chi connectivity index (χ0v) is 13.0. The summed E-state index contributed by atoms with van der Waals surface area (Å²) in [4.78, 5) is 3.41. The van der Waals surface area contributed by atoms with E-state index in [0.717, 1.165) is 4.46 Å². The van der Waals surface area contributed by atoms with E-state index < -0.39 is 0 Å². The van der Waals surface area contributed by atoms with Crippen molar-refractivity contribution < 1.29 is 9.84 Å². The van der Waals surface area contributed by atoms with Gasteiger partial charge in [0.05, 0.1) is 0 Å². The molecule has 0 bridgehead atoms. The Balaban J connectivity index is 2.01. The van der Waals surface area contributed by atoms with Gasteiger partial charge >= 0.3 is 123 Å². The van der Waals surface area contributed by atoms with Crippen molar-refractivity contribution in [2.75, 3.05) is 7.11 Å². The average Bonchev–Trinajstić information content (AvgIpc) is 2.76. The molecule has 1 heterocycles. The molecular weight excluding hydrogens is 317 g/mol. The van der Waals surface area contributed by atoms with Crippen LogP contribution in [0.3, 0.4) is 0 Å². The van der Waals surface area contributed by atoms with Gasteiger partial charge in [-0.25, -0.2) is 0 Å². The van der Waals surface area contributed by atoms with Crippen molar-refractivity contribution in [3.05, 3.63) is 48.2 Å². The summed E-state index contributed by atoms with van der Waals surface area (Å²) in [6, 6.07) is 13.9. The first-order valence-electron chi connectivity index (χ1n) is 6.31. The standard InChI is InChI=1S/C16H15NO2Se/c1-10-16(12-5-3-4-6-13(12)17-10)20-11-7-8-15(19-2)14(18)9-11/h3-9,17-18H,1-2H3. The van der Waals surface area contributed by atoms with Crippen LogP contribution in [-0.4, -0.2) is 32.2 Å². The third kappa shape index (κ3) is 2.28. The van der Waals surface area contributed by atoms with Crippen molar-refractivity contribution in [3.8, 4) is 11.5 Å². The van der Waals surface area contributed by atoms with Crippen LogP contribution in [-0.2, 0) is 0 Å². The quantitative estimate of drug-likeness (QED) is 0.719. The summed E-state index contributed by atoms with van der Waals surface area (Å²) < 4.78 is 7.54. The number of fused-ring (bicyclic) bond motifs is 1. The summed E-state index contributed by atoms with van der Waals surface area (Å²) >= 11 is 0.146. The number of aromatic amines is 1. The molecule has 0 saturated carbocycles. The number of aryl methyl sites for hydroxylation is 1. The molecule has 0 radical (unpaired) electrons. The fourth-order valence-electron chi connectivity index (χ4n) is 2.23. The first kappa shape index (κ1) is 13.1. The minimum atomic E-state index is 0.146. The molecule has 0 fully saturated rings. The van der Waals surface area contributed by atoms with E-state index in [9.17, 15) is 5.11 Å². The van der Waals surface area contributed by atoms with Crippen LogP contribution in [0.2, 0.25) is 0 Å². The summed E-state index contributed by atoms with van der Waals surface area (Å²) in [6.45, 7) is 2.10. The number of hydrogen-bond acceptors (Lipinski definition) is 2. The molecule has 0 aliphatic heterocycles. The minimum absolute atomic E-state index is 0.146. The van der Waals surface area contributed by atoms with E-state index in [1.165, 1.54) is 21.1 Å². The molecule has 0 aliphatic rings. The number of methoxy groups -OCH3 is 1. The van der Waals surface area contributed by atoms with Gasteiger partial charge in [0.15, 0.2) is 0 Å². The summed E-state index contributed by atoms with van der Waals surface area (Å²) in [5.41, 5.74) is 2.36. The molecule has 3 aromatic rings. The molecule has 0 saturated heterocycles. The van der Waals surface area contributed by atoms with Crippen molar-refractivity contribution in [1.29, 1.82) is 0 Å². The van der Waals surface area contributed by atoms with Crippen LogP contribution < -0.4 is 13.7 Å². The first-order valence-corrected chi connectivity index (χ1v) is 8.02. The van der Waals surface area contributed by atoms with E-state index >= 15 is 0 Å².